The molecule has 178 valence electrons. The van der Waals surface area contributed by atoms with Crippen LogP contribution in [0.3, 0.4) is 0 Å². The minimum atomic E-state index is -1.25. The lowest BCUT2D eigenvalue weighted by atomic mass is 9.79. The number of pyridine rings is 1. The van der Waals surface area contributed by atoms with Gasteiger partial charge in [-0.3, -0.25) is 0 Å². The predicted molar refractivity (Wildman–Crippen MR) is 134 cm³/mol. The molecule has 1 unspecified atom stereocenters. The maximum absolute atomic E-state index is 11.7. The number of nitrogens with one attached hydrogen (secondary N) is 1. The van der Waals surface area contributed by atoms with Crippen LogP contribution < -0.4 is 5.32 Å². The first kappa shape index (κ1) is 23.1. The Morgan fingerprint density at radius 1 is 1.14 bits per heavy atom. The molecule has 0 saturated carbocycles. The molecule has 8 nitrogen and oxygen atoms in total. The van der Waals surface area contributed by atoms with Gasteiger partial charge in [-0.05, 0) is 73.6 Å². The molecule has 1 aliphatic carbocycles. The Labute approximate surface area is 206 Å². The van der Waals surface area contributed by atoms with Crippen LogP contribution in [0.5, 0.6) is 0 Å². The molecule has 0 bridgehead atoms. The number of aliphatic hydroxyl groups is 1. The third-order valence-electron chi connectivity index (χ3n) is 6.21. The Hall–Kier alpha value is -3.69. The summed E-state index contributed by atoms with van der Waals surface area (Å²) in [7, 11) is 0. The third kappa shape index (κ3) is 4.52. The molecule has 1 atom stereocenters. The third-order valence-corrected chi connectivity index (χ3v) is 7.38. The van der Waals surface area contributed by atoms with Crippen LogP contribution in [0, 0.1) is 6.92 Å². The first-order valence-electron chi connectivity index (χ1n) is 11.5. The van der Waals surface area contributed by atoms with Crippen LogP contribution in [0.4, 0.5) is 11.6 Å². The number of thiazole rings is 1. The molecule has 0 saturated heterocycles. The van der Waals surface area contributed by atoms with E-state index in [0.29, 0.717) is 23.1 Å². The van der Waals surface area contributed by atoms with Crippen molar-refractivity contribution in [2.75, 3.05) is 5.32 Å². The van der Waals surface area contributed by atoms with Crippen molar-refractivity contribution in [3.8, 4) is 10.6 Å². The van der Waals surface area contributed by atoms with Gasteiger partial charge in [0.25, 0.3) is 0 Å². The average molecular weight is 488 g/mol. The molecule has 0 aliphatic heterocycles. The second-order valence-electron chi connectivity index (χ2n) is 8.71. The number of carboxylic acids is 1. The molecule has 4 aromatic rings. The van der Waals surface area contributed by atoms with Gasteiger partial charge in [0.05, 0.1) is 16.1 Å². The fraction of sp³-hybridized carbons (Fsp3) is 0.269. The van der Waals surface area contributed by atoms with Crippen molar-refractivity contribution in [3.63, 3.8) is 0 Å². The lowest BCUT2D eigenvalue weighted by Crippen LogP contribution is -2.32. The second-order valence-corrected chi connectivity index (χ2v) is 9.74. The molecule has 3 N–H and O–H groups in total. The van der Waals surface area contributed by atoms with Gasteiger partial charge in [0, 0.05) is 18.0 Å². The Morgan fingerprint density at radius 2 is 2.00 bits per heavy atom. The van der Waals surface area contributed by atoms with E-state index >= 15 is 0 Å². The van der Waals surface area contributed by atoms with Crippen molar-refractivity contribution in [1.29, 1.82) is 0 Å². The molecule has 9 heteroatoms. The number of hydrogen-bond acceptors (Lipinski definition) is 8. The van der Waals surface area contributed by atoms with Crippen LogP contribution in [-0.2, 0) is 18.4 Å². The maximum Gasteiger partial charge on any atom is 0.335 e. The van der Waals surface area contributed by atoms with Crippen LogP contribution in [0.1, 0.15) is 57.5 Å². The molecule has 0 fully saturated rings. The fourth-order valence-electron chi connectivity index (χ4n) is 4.46. The lowest BCUT2D eigenvalue weighted by molar-refractivity contribution is 0.0607. The molecule has 0 radical (unpaired) electrons. The van der Waals surface area contributed by atoms with Gasteiger partial charge < -0.3 is 15.5 Å². The van der Waals surface area contributed by atoms with Crippen molar-refractivity contribution in [1.82, 2.24) is 19.9 Å². The highest BCUT2D eigenvalue weighted by atomic mass is 32.1. The molecular formula is C26H25N5O3S. The minimum Gasteiger partial charge on any atom is -0.478 e. The van der Waals surface area contributed by atoms with Crippen LogP contribution in [0.2, 0.25) is 0 Å². The van der Waals surface area contributed by atoms with Crippen LogP contribution in [0.15, 0.2) is 48.9 Å². The van der Waals surface area contributed by atoms with E-state index in [1.807, 2.05) is 32.0 Å². The van der Waals surface area contributed by atoms with Crippen LogP contribution >= 0.6 is 11.3 Å². The number of carboxylic acid groups (broad SMARTS) is 1. The summed E-state index contributed by atoms with van der Waals surface area (Å²) in [6, 6.07) is 10.8. The Morgan fingerprint density at radius 3 is 2.80 bits per heavy atom. The zero-order valence-corrected chi connectivity index (χ0v) is 20.3. The molecule has 0 amide bonds. The summed E-state index contributed by atoms with van der Waals surface area (Å²) < 4.78 is 0. The molecule has 35 heavy (non-hydrogen) atoms. The maximum atomic E-state index is 11.7. The smallest absolute Gasteiger partial charge is 0.335 e. The Kier molecular flexibility index (Phi) is 6.04. The summed E-state index contributed by atoms with van der Waals surface area (Å²) in [5.41, 5.74) is 3.28. The molecule has 1 aromatic carbocycles. The van der Waals surface area contributed by atoms with Gasteiger partial charge in [-0.1, -0.05) is 13.0 Å². The first-order valence-corrected chi connectivity index (χ1v) is 12.3. The highest BCUT2D eigenvalue weighted by molar-refractivity contribution is 7.15. The molecular weight excluding hydrogens is 462 g/mol. The number of aryl methyl sites for hydroxylation is 3. The summed E-state index contributed by atoms with van der Waals surface area (Å²) in [5, 5.41) is 24.9. The van der Waals surface area contributed by atoms with Crippen LogP contribution in [-0.4, -0.2) is 36.1 Å². The molecule has 1 aliphatic rings. The zero-order valence-electron chi connectivity index (χ0n) is 19.4. The minimum absolute atomic E-state index is 0.228. The number of nitrogens with zero attached hydrogens (tertiary/aromatic N) is 4. The highest BCUT2D eigenvalue weighted by Crippen LogP contribution is 2.43. The van der Waals surface area contributed by atoms with E-state index in [2.05, 4.69) is 20.3 Å². The number of benzene rings is 1. The largest absolute Gasteiger partial charge is 0.478 e. The van der Waals surface area contributed by atoms with Crippen LogP contribution in [0.25, 0.3) is 10.6 Å². The molecule has 0 spiro atoms. The van der Waals surface area contributed by atoms with E-state index < -0.39 is 11.6 Å². The summed E-state index contributed by atoms with van der Waals surface area (Å²) >= 11 is 1.40. The summed E-state index contributed by atoms with van der Waals surface area (Å²) in [4.78, 5) is 30.1. The summed E-state index contributed by atoms with van der Waals surface area (Å²) in [6.45, 7) is 4.04. The first-order chi connectivity index (χ1) is 16.9. The van der Waals surface area contributed by atoms with Gasteiger partial charge in [-0.2, -0.15) is 0 Å². The number of aromatic nitrogens is 4. The van der Waals surface area contributed by atoms with E-state index in [1.54, 1.807) is 24.4 Å². The second kappa shape index (κ2) is 9.16. The average Bonchev–Trinajstić information content (AvgIpc) is 3.35. The number of rotatable bonds is 6. The number of carbonyl (C=O) groups is 1. The van der Waals surface area contributed by atoms with E-state index in [4.69, 9.17) is 4.98 Å². The summed E-state index contributed by atoms with van der Waals surface area (Å²) in [6.07, 6.45) is 6.10. The Balaban J connectivity index is 1.47. The Bertz CT molecular complexity index is 1420. The molecule has 3 heterocycles. The topological polar surface area (TPSA) is 121 Å². The number of aromatic carboxylic acids is 1. The normalized spacial score (nSPS) is 17.1. The SMILES string of the molecule is CCc1cc(Nc2cc(C)cc(-c3cnc(C4(O)CCCc5cc(C(=O)O)ccc54)s3)n2)ncn1. The van der Waals surface area contributed by atoms with Gasteiger partial charge in [0.15, 0.2) is 0 Å². The summed E-state index contributed by atoms with van der Waals surface area (Å²) in [5.74, 6) is 0.375. The molecule has 3 aromatic heterocycles. The van der Waals surface area contributed by atoms with Crippen molar-refractivity contribution >= 4 is 28.9 Å². The lowest BCUT2D eigenvalue weighted by Gasteiger charge is -2.33. The fourth-order valence-corrected chi connectivity index (χ4v) is 5.47. The van der Waals surface area contributed by atoms with E-state index in [-0.39, 0.29) is 5.56 Å². The van der Waals surface area contributed by atoms with E-state index in [9.17, 15) is 15.0 Å². The van der Waals surface area contributed by atoms with E-state index in [1.165, 1.54) is 17.7 Å². The van der Waals surface area contributed by atoms with Crippen molar-refractivity contribution in [3.05, 3.63) is 81.9 Å². The number of anilines is 2. The molecule has 5 rings (SSSR count). The quantitative estimate of drug-likeness (QED) is 0.352. The van der Waals surface area contributed by atoms with Gasteiger partial charge in [0.2, 0.25) is 0 Å². The van der Waals surface area contributed by atoms with Gasteiger partial charge >= 0.3 is 5.97 Å². The van der Waals surface area contributed by atoms with Crippen molar-refractivity contribution in [2.45, 2.75) is 45.1 Å². The number of hydrogen-bond donors (Lipinski definition) is 3. The van der Waals surface area contributed by atoms with Crippen molar-refractivity contribution in [2.24, 2.45) is 0 Å². The highest BCUT2D eigenvalue weighted by Gasteiger charge is 2.39. The number of fused-ring (bicyclic) bond motifs is 1. The van der Waals surface area contributed by atoms with Crippen molar-refractivity contribution < 1.29 is 15.0 Å². The monoisotopic (exact) mass is 487 g/mol. The van der Waals surface area contributed by atoms with Gasteiger partial charge in [-0.15, -0.1) is 11.3 Å². The van der Waals surface area contributed by atoms with Gasteiger partial charge in [-0.25, -0.2) is 24.7 Å². The van der Waals surface area contributed by atoms with Gasteiger partial charge in [0.1, 0.15) is 28.6 Å². The standard InChI is InChI=1S/C26H25N5O3S/c1-3-18-12-22(29-14-28-18)31-23-10-15(2)9-20(30-23)21-13-27-25(35-21)26(34)8-4-5-16-11-17(24(32)33)6-7-19(16)26/h6-7,9-14,34H,3-5,8H2,1-2H3,(H,32,33)(H,28,29,30,31). The predicted octanol–water partition coefficient (Wildman–Crippen LogP) is 4.88. The zero-order chi connectivity index (χ0) is 24.6. The van der Waals surface area contributed by atoms with E-state index in [0.717, 1.165) is 52.2 Å².